The van der Waals surface area contributed by atoms with Crippen molar-refractivity contribution >= 4 is 5.91 Å². The van der Waals surface area contributed by atoms with Gasteiger partial charge in [-0.3, -0.25) is 9.59 Å². The van der Waals surface area contributed by atoms with E-state index in [4.69, 9.17) is 5.73 Å². The van der Waals surface area contributed by atoms with Crippen LogP contribution >= 0.6 is 0 Å². The number of hydrogen-bond donors (Lipinski definition) is 3. The van der Waals surface area contributed by atoms with E-state index in [1.54, 1.807) is 6.07 Å². The molecular weight excluding hydrogens is 206 g/mol. The minimum atomic E-state index is -0.382. The predicted octanol–water partition coefficient (Wildman–Crippen LogP) is 0.232. The number of nitrogens with one attached hydrogen (secondary N) is 2. The van der Waals surface area contributed by atoms with Crippen LogP contribution < -0.4 is 16.6 Å². The zero-order chi connectivity index (χ0) is 12.0. The molecule has 4 N–H and O–H groups in total. The van der Waals surface area contributed by atoms with E-state index < -0.39 is 0 Å². The zero-order valence-corrected chi connectivity index (χ0v) is 9.32. The van der Waals surface area contributed by atoms with E-state index in [0.29, 0.717) is 6.54 Å². The number of aromatic amines is 1. The molecule has 0 aliphatic heterocycles. The molecule has 0 fully saturated rings. The molecule has 1 amide bonds. The van der Waals surface area contributed by atoms with Crippen molar-refractivity contribution < 1.29 is 4.79 Å². The maximum Gasteiger partial charge on any atom is 0.260 e. The highest BCUT2D eigenvalue weighted by Crippen LogP contribution is 1.97. The lowest BCUT2D eigenvalue weighted by Crippen LogP contribution is -2.41. The molecule has 0 spiro atoms. The second-order valence-electron chi connectivity index (χ2n) is 3.61. The Morgan fingerprint density at radius 2 is 2.38 bits per heavy atom. The first-order chi connectivity index (χ1) is 7.69. The summed E-state index contributed by atoms with van der Waals surface area (Å²) in [5.74, 6) is -0.370. The highest BCUT2D eigenvalue weighted by Gasteiger charge is 2.13. The minimum Gasteiger partial charge on any atom is -0.348 e. The van der Waals surface area contributed by atoms with Gasteiger partial charge < -0.3 is 16.0 Å². The number of aromatic nitrogens is 1. The standard InChI is InChI=1S/C11H17N3O2/c1-2-4-8(7-12)14-11(16)9-5-3-6-13-10(9)15/h3,5-6,8H,2,4,7,12H2,1H3,(H,13,15)(H,14,16). The molecule has 1 unspecified atom stereocenters. The van der Waals surface area contributed by atoms with Crippen LogP contribution in [0.4, 0.5) is 0 Å². The summed E-state index contributed by atoms with van der Waals surface area (Å²) in [5, 5.41) is 2.74. The molecule has 1 aromatic heterocycles. The second kappa shape index (κ2) is 6.07. The SMILES string of the molecule is CCCC(CN)NC(=O)c1ccc[nH]c1=O. The van der Waals surface area contributed by atoms with Gasteiger partial charge in [0.1, 0.15) is 5.56 Å². The van der Waals surface area contributed by atoms with Crippen LogP contribution in [-0.2, 0) is 0 Å². The molecule has 0 aliphatic rings. The van der Waals surface area contributed by atoms with Gasteiger partial charge in [0.25, 0.3) is 11.5 Å². The molecule has 1 rings (SSSR count). The van der Waals surface area contributed by atoms with Gasteiger partial charge in [-0.15, -0.1) is 0 Å². The number of carbonyl (C=O) groups is 1. The van der Waals surface area contributed by atoms with Crippen molar-refractivity contribution in [1.29, 1.82) is 0 Å². The van der Waals surface area contributed by atoms with Gasteiger partial charge in [-0.05, 0) is 18.6 Å². The fraction of sp³-hybridized carbons (Fsp3) is 0.455. The molecule has 1 aromatic rings. The van der Waals surface area contributed by atoms with Crippen LogP contribution in [0.25, 0.3) is 0 Å². The van der Waals surface area contributed by atoms with Crippen LogP contribution in [0.5, 0.6) is 0 Å². The van der Waals surface area contributed by atoms with Crippen LogP contribution in [0.3, 0.4) is 0 Å². The fourth-order valence-corrected chi connectivity index (χ4v) is 1.46. The molecular formula is C11H17N3O2. The molecule has 0 aliphatic carbocycles. The second-order valence-corrected chi connectivity index (χ2v) is 3.61. The molecule has 16 heavy (non-hydrogen) atoms. The Morgan fingerprint density at radius 1 is 1.62 bits per heavy atom. The highest BCUT2D eigenvalue weighted by atomic mass is 16.2. The summed E-state index contributed by atoms with van der Waals surface area (Å²) in [4.78, 5) is 25.5. The van der Waals surface area contributed by atoms with Crippen molar-refractivity contribution in [3.8, 4) is 0 Å². The quantitative estimate of drug-likeness (QED) is 0.667. The number of pyridine rings is 1. The first-order valence-corrected chi connectivity index (χ1v) is 5.37. The van der Waals surface area contributed by atoms with Crippen LogP contribution in [0.15, 0.2) is 23.1 Å². The Kier molecular flexibility index (Phi) is 4.72. The van der Waals surface area contributed by atoms with E-state index in [0.717, 1.165) is 12.8 Å². The van der Waals surface area contributed by atoms with E-state index in [1.165, 1.54) is 12.3 Å². The number of rotatable bonds is 5. The van der Waals surface area contributed by atoms with Crippen molar-refractivity contribution in [1.82, 2.24) is 10.3 Å². The number of nitrogens with two attached hydrogens (primary N) is 1. The lowest BCUT2D eigenvalue weighted by molar-refractivity contribution is 0.0934. The first kappa shape index (κ1) is 12.4. The topological polar surface area (TPSA) is 88.0 Å². The van der Waals surface area contributed by atoms with E-state index >= 15 is 0 Å². The highest BCUT2D eigenvalue weighted by molar-refractivity contribution is 5.93. The smallest absolute Gasteiger partial charge is 0.260 e. The maximum absolute atomic E-state index is 11.7. The zero-order valence-electron chi connectivity index (χ0n) is 9.32. The van der Waals surface area contributed by atoms with Crippen molar-refractivity contribution in [3.63, 3.8) is 0 Å². The van der Waals surface area contributed by atoms with E-state index in [9.17, 15) is 9.59 Å². The van der Waals surface area contributed by atoms with Gasteiger partial charge in [0.05, 0.1) is 0 Å². The maximum atomic E-state index is 11.7. The van der Waals surface area contributed by atoms with Crippen molar-refractivity contribution in [3.05, 3.63) is 34.2 Å². The molecule has 5 nitrogen and oxygen atoms in total. The molecule has 0 saturated heterocycles. The van der Waals surface area contributed by atoms with Crippen LogP contribution in [-0.4, -0.2) is 23.5 Å². The molecule has 0 radical (unpaired) electrons. The largest absolute Gasteiger partial charge is 0.348 e. The molecule has 5 heteroatoms. The van der Waals surface area contributed by atoms with Crippen molar-refractivity contribution in [2.24, 2.45) is 5.73 Å². The summed E-state index contributed by atoms with van der Waals surface area (Å²) in [6.07, 6.45) is 3.24. The minimum absolute atomic E-state index is 0.0721. The van der Waals surface area contributed by atoms with E-state index in [-0.39, 0.29) is 23.1 Å². The average molecular weight is 223 g/mol. The van der Waals surface area contributed by atoms with E-state index in [1.807, 2.05) is 6.92 Å². The normalized spacial score (nSPS) is 12.1. The summed E-state index contributed by atoms with van der Waals surface area (Å²) in [6, 6.07) is 3.04. The number of H-pyrrole nitrogens is 1. The van der Waals surface area contributed by atoms with Gasteiger partial charge >= 0.3 is 0 Å². The Bertz CT molecular complexity index is 400. The Labute approximate surface area is 94.1 Å². The monoisotopic (exact) mass is 223 g/mol. The number of hydrogen-bond acceptors (Lipinski definition) is 3. The van der Waals surface area contributed by atoms with Crippen LogP contribution in [0.1, 0.15) is 30.1 Å². The van der Waals surface area contributed by atoms with Crippen LogP contribution in [0, 0.1) is 0 Å². The summed E-state index contributed by atoms with van der Waals surface area (Å²) in [7, 11) is 0. The van der Waals surface area contributed by atoms with Crippen molar-refractivity contribution in [2.45, 2.75) is 25.8 Å². The third-order valence-corrected chi connectivity index (χ3v) is 2.32. The molecule has 0 saturated carbocycles. The lowest BCUT2D eigenvalue weighted by atomic mass is 10.1. The third-order valence-electron chi connectivity index (χ3n) is 2.32. The molecule has 0 bridgehead atoms. The van der Waals surface area contributed by atoms with Gasteiger partial charge in [-0.1, -0.05) is 13.3 Å². The Balaban J connectivity index is 2.72. The Morgan fingerprint density at radius 3 is 2.94 bits per heavy atom. The molecule has 88 valence electrons. The summed E-state index contributed by atoms with van der Waals surface area (Å²) >= 11 is 0. The summed E-state index contributed by atoms with van der Waals surface area (Å²) < 4.78 is 0. The van der Waals surface area contributed by atoms with Gasteiger partial charge in [0.2, 0.25) is 0 Å². The van der Waals surface area contributed by atoms with Gasteiger partial charge in [-0.2, -0.15) is 0 Å². The van der Waals surface area contributed by atoms with Crippen molar-refractivity contribution in [2.75, 3.05) is 6.54 Å². The first-order valence-electron chi connectivity index (χ1n) is 5.37. The lowest BCUT2D eigenvalue weighted by Gasteiger charge is -2.15. The van der Waals surface area contributed by atoms with E-state index in [2.05, 4.69) is 10.3 Å². The summed E-state index contributed by atoms with van der Waals surface area (Å²) in [6.45, 7) is 2.40. The summed E-state index contributed by atoms with van der Waals surface area (Å²) in [5.41, 5.74) is 5.26. The van der Waals surface area contributed by atoms with Gasteiger partial charge in [0, 0.05) is 18.8 Å². The fourth-order valence-electron chi connectivity index (χ4n) is 1.46. The van der Waals surface area contributed by atoms with Gasteiger partial charge in [0.15, 0.2) is 0 Å². The average Bonchev–Trinajstić information content (AvgIpc) is 2.28. The predicted molar refractivity (Wildman–Crippen MR) is 62.3 cm³/mol. The van der Waals surface area contributed by atoms with Gasteiger partial charge in [-0.25, -0.2) is 0 Å². The number of amides is 1. The van der Waals surface area contributed by atoms with Crippen LogP contribution in [0.2, 0.25) is 0 Å². The molecule has 1 heterocycles. The third kappa shape index (κ3) is 3.20. The molecule has 0 aromatic carbocycles. The number of carbonyl (C=O) groups excluding carboxylic acids is 1. The molecule has 1 atom stereocenters. The Hall–Kier alpha value is -1.62.